The van der Waals surface area contributed by atoms with Gasteiger partial charge in [0.15, 0.2) is 5.13 Å². The van der Waals surface area contributed by atoms with Crippen molar-refractivity contribution in [1.29, 1.82) is 0 Å². The number of anilines is 2. The molecule has 0 aliphatic heterocycles. The van der Waals surface area contributed by atoms with Gasteiger partial charge in [0.05, 0.1) is 22.0 Å². The van der Waals surface area contributed by atoms with Crippen LogP contribution in [0.2, 0.25) is 10.0 Å². The summed E-state index contributed by atoms with van der Waals surface area (Å²) >= 11 is 14.8. The Bertz CT molecular complexity index is 1340. The van der Waals surface area contributed by atoms with E-state index in [1.54, 1.807) is 24.3 Å². The van der Waals surface area contributed by atoms with Crippen LogP contribution in [0.5, 0.6) is 0 Å². The van der Waals surface area contributed by atoms with Crippen LogP contribution in [0.1, 0.15) is 15.9 Å². The molecule has 0 saturated carbocycles. The minimum Gasteiger partial charge on any atom is -0.322 e. The zero-order valence-electron chi connectivity index (χ0n) is 18.0. The van der Waals surface area contributed by atoms with Gasteiger partial charge in [0, 0.05) is 26.5 Å². The predicted molar refractivity (Wildman–Crippen MR) is 142 cm³/mol. The number of aromatic nitrogens is 1. The monoisotopic (exact) mass is 527 g/mol. The van der Waals surface area contributed by atoms with Crippen LogP contribution in [-0.4, -0.2) is 22.6 Å². The fourth-order valence-electron chi connectivity index (χ4n) is 3.03. The van der Waals surface area contributed by atoms with E-state index in [-0.39, 0.29) is 22.6 Å². The maximum absolute atomic E-state index is 12.5. The zero-order valence-corrected chi connectivity index (χ0v) is 21.1. The first kappa shape index (κ1) is 24.3. The molecule has 0 bridgehead atoms. The summed E-state index contributed by atoms with van der Waals surface area (Å²) in [6, 6.07) is 20.1. The van der Waals surface area contributed by atoms with Gasteiger partial charge in [-0.15, -0.1) is 23.1 Å². The Labute approximate surface area is 215 Å². The molecule has 1 heterocycles. The summed E-state index contributed by atoms with van der Waals surface area (Å²) in [7, 11) is 0. The second kappa shape index (κ2) is 11.1. The van der Waals surface area contributed by atoms with Crippen LogP contribution in [0.4, 0.5) is 10.8 Å². The smallest absolute Gasteiger partial charge is 0.257 e. The number of thioether (sulfide) groups is 1. The molecule has 34 heavy (non-hydrogen) atoms. The van der Waals surface area contributed by atoms with Crippen molar-refractivity contribution in [2.24, 2.45) is 0 Å². The molecular formula is C25H19Cl2N3O2S2. The molecule has 3 aromatic carbocycles. The minimum absolute atomic E-state index is 0.155. The van der Waals surface area contributed by atoms with E-state index < -0.39 is 0 Å². The molecule has 172 valence electrons. The lowest BCUT2D eigenvalue weighted by Gasteiger charge is -2.09. The van der Waals surface area contributed by atoms with Crippen molar-refractivity contribution in [2.75, 3.05) is 16.4 Å². The molecule has 5 nitrogen and oxygen atoms in total. The molecule has 0 saturated heterocycles. The third-order valence-electron chi connectivity index (χ3n) is 4.74. The molecule has 2 amide bonds. The van der Waals surface area contributed by atoms with Gasteiger partial charge in [0.2, 0.25) is 5.91 Å². The summed E-state index contributed by atoms with van der Waals surface area (Å²) in [5.41, 5.74) is 3.95. The van der Waals surface area contributed by atoms with E-state index >= 15 is 0 Å². The van der Waals surface area contributed by atoms with E-state index in [2.05, 4.69) is 15.6 Å². The summed E-state index contributed by atoms with van der Waals surface area (Å²) in [6.45, 7) is 2.03. The fraction of sp³-hybridized carbons (Fsp3) is 0.0800. The van der Waals surface area contributed by atoms with Crippen LogP contribution >= 0.6 is 46.3 Å². The lowest BCUT2D eigenvalue weighted by molar-refractivity contribution is -0.113. The molecular weight excluding hydrogens is 509 g/mol. The van der Waals surface area contributed by atoms with Gasteiger partial charge in [-0.2, -0.15) is 0 Å². The molecule has 0 aliphatic carbocycles. The van der Waals surface area contributed by atoms with Gasteiger partial charge in [0.1, 0.15) is 0 Å². The van der Waals surface area contributed by atoms with Crippen LogP contribution in [0.15, 0.2) is 77.0 Å². The van der Waals surface area contributed by atoms with Crippen molar-refractivity contribution in [2.45, 2.75) is 11.8 Å². The molecule has 4 aromatic rings. The maximum atomic E-state index is 12.5. The molecule has 9 heteroatoms. The standard InChI is InChI=1S/C25H19Cl2N3O2S2/c1-15-5-7-16(8-6-15)22-13-34-25(29-22)30-23(31)14-33-19-4-2-3-18(12-19)28-24(32)20-10-9-17(26)11-21(20)27/h2-13H,14H2,1H3,(H,28,32)(H,29,30,31). The Morgan fingerprint density at radius 1 is 1.00 bits per heavy atom. The van der Waals surface area contributed by atoms with Crippen molar-refractivity contribution in [3.05, 3.63) is 93.3 Å². The largest absolute Gasteiger partial charge is 0.322 e. The molecule has 0 fully saturated rings. The van der Waals surface area contributed by atoms with Gasteiger partial charge in [-0.3, -0.25) is 9.59 Å². The third-order valence-corrected chi connectivity index (χ3v) is 7.03. The van der Waals surface area contributed by atoms with Crippen molar-refractivity contribution < 1.29 is 9.59 Å². The second-order valence-corrected chi connectivity index (χ2v) is 10.1. The third kappa shape index (κ3) is 6.39. The van der Waals surface area contributed by atoms with E-state index in [4.69, 9.17) is 23.2 Å². The lowest BCUT2D eigenvalue weighted by Crippen LogP contribution is -2.14. The van der Waals surface area contributed by atoms with Gasteiger partial charge in [-0.05, 0) is 43.3 Å². The average Bonchev–Trinajstić information content (AvgIpc) is 3.26. The number of aryl methyl sites for hydroxylation is 1. The van der Waals surface area contributed by atoms with Gasteiger partial charge >= 0.3 is 0 Å². The Balaban J connectivity index is 1.32. The number of benzene rings is 3. The number of hydrogen-bond donors (Lipinski definition) is 2. The van der Waals surface area contributed by atoms with Gasteiger partial charge in [0.25, 0.3) is 5.91 Å². The number of carbonyl (C=O) groups excluding carboxylic acids is 2. The summed E-state index contributed by atoms with van der Waals surface area (Å²) in [5, 5.41) is 8.88. The van der Waals surface area contributed by atoms with Crippen molar-refractivity contribution in [1.82, 2.24) is 4.98 Å². The number of rotatable bonds is 7. The van der Waals surface area contributed by atoms with Crippen LogP contribution in [0.3, 0.4) is 0 Å². The maximum Gasteiger partial charge on any atom is 0.257 e. The van der Waals surface area contributed by atoms with Crippen LogP contribution in [-0.2, 0) is 4.79 Å². The zero-order chi connectivity index (χ0) is 24.1. The first-order chi connectivity index (χ1) is 16.4. The highest BCUT2D eigenvalue weighted by Gasteiger charge is 2.12. The molecule has 0 aliphatic rings. The lowest BCUT2D eigenvalue weighted by atomic mass is 10.1. The Hall–Kier alpha value is -2.84. The van der Waals surface area contributed by atoms with Crippen molar-refractivity contribution in [3.8, 4) is 11.3 Å². The first-order valence-electron chi connectivity index (χ1n) is 10.2. The van der Waals surface area contributed by atoms with E-state index in [1.807, 2.05) is 48.7 Å². The normalized spacial score (nSPS) is 10.7. The quantitative estimate of drug-likeness (QED) is 0.245. The molecule has 2 N–H and O–H groups in total. The summed E-state index contributed by atoms with van der Waals surface area (Å²) < 4.78 is 0. The van der Waals surface area contributed by atoms with Crippen LogP contribution in [0.25, 0.3) is 11.3 Å². The van der Waals surface area contributed by atoms with Crippen LogP contribution < -0.4 is 10.6 Å². The minimum atomic E-state index is -0.338. The Morgan fingerprint density at radius 2 is 1.79 bits per heavy atom. The molecule has 0 unspecified atom stereocenters. The number of carbonyl (C=O) groups is 2. The number of nitrogens with one attached hydrogen (secondary N) is 2. The second-order valence-electron chi connectivity index (χ2n) is 7.35. The molecule has 1 aromatic heterocycles. The Morgan fingerprint density at radius 3 is 2.56 bits per heavy atom. The first-order valence-corrected chi connectivity index (χ1v) is 12.8. The SMILES string of the molecule is Cc1ccc(-c2csc(NC(=O)CSc3cccc(NC(=O)c4ccc(Cl)cc4Cl)c3)n2)cc1. The number of halogens is 2. The summed E-state index contributed by atoms with van der Waals surface area (Å²) in [4.78, 5) is 30.3. The van der Waals surface area contributed by atoms with E-state index in [0.29, 0.717) is 21.4 Å². The van der Waals surface area contributed by atoms with E-state index in [0.717, 1.165) is 16.2 Å². The van der Waals surface area contributed by atoms with E-state index in [9.17, 15) is 9.59 Å². The molecule has 0 spiro atoms. The molecule has 0 atom stereocenters. The van der Waals surface area contributed by atoms with E-state index in [1.165, 1.54) is 34.7 Å². The van der Waals surface area contributed by atoms with Gasteiger partial charge < -0.3 is 10.6 Å². The number of thiazole rings is 1. The highest BCUT2D eigenvalue weighted by molar-refractivity contribution is 8.00. The highest BCUT2D eigenvalue weighted by atomic mass is 35.5. The van der Waals surface area contributed by atoms with Crippen molar-refractivity contribution in [3.63, 3.8) is 0 Å². The average molecular weight is 528 g/mol. The summed E-state index contributed by atoms with van der Waals surface area (Å²) in [6.07, 6.45) is 0. The van der Waals surface area contributed by atoms with Gasteiger partial charge in [-0.1, -0.05) is 59.1 Å². The number of hydrogen-bond acceptors (Lipinski definition) is 5. The van der Waals surface area contributed by atoms with Gasteiger partial charge in [-0.25, -0.2) is 4.98 Å². The highest BCUT2D eigenvalue weighted by Crippen LogP contribution is 2.27. The topological polar surface area (TPSA) is 71.1 Å². The van der Waals surface area contributed by atoms with Crippen LogP contribution in [0, 0.1) is 6.92 Å². The number of amides is 2. The predicted octanol–water partition coefficient (Wildman–Crippen LogP) is 7.41. The Kier molecular flexibility index (Phi) is 7.90. The molecule has 0 radical (unpaired) electrons. The molecule has 4 rings (SSSR count). The fourth-order valence-corrected chi connectivity index (χ4v) is 5.01. The van der Waals surface area contributed by atoms with Crippen molar-refractivity contribution >= 4 is 68.9 Å². The number of nitrogens with zero attached hydrogens (tertiary/aromatic N) is 1. The summed E-state index contributed by atoms with van der Waals surface area (Å²) in [5.74, 6) is -0.285.